The second-order valence-electron chi connectivity index (χ2n) is 7.62. The van der Waals surface area contributed by atoms with E-state index >= 15 is 0 Å². The van der Waals surface area contributed by atoms with Crippen molar-refractivity contribution < 1.29 is 9.22 Å². The summed E-state index contributed by atoms with van der Waals surface area (Å²) in [4.78, 5) is 11.6. The summed E-state index contributed by atoms with van der Waals surface area (Å²) in [5.41, 5.74) is 0. The molecule has 2 aromatic rings. The van der Waals surface area contributed by atoms with E-state index in [0.717, 1.165) is 6.42 Å². The van der Waals surface area contributed by atoms with Gasteiger partial charge < -0.3 is 4.43 Å². The fraction of sp³-hybridized carbons (Fsp3) is 0.381. The SMILES string of the molecule is CC(C)(C)[Si](OC[C@@H]1CCC(=O)S1)(c1ccccc1)c1ccccc1. The van der Waals surface area contributed by atoms with E-state index in [0.29, 0.717) is 18.1 Å². The molecule has 3 rings (SSSR count). The van der Waals surface area contributed by atoms with Crippen molar-refractivity contribution in [3.05, 3.63) is 60.7 Å². The van der Waals surface area contributed by atoms with Gasteiger partial charge >= 0.3 is 0 Å². The summed E-state index contributed by atoms with van der Waals surface area (Å²) in [6, 6.07) is 21.3. The first-order chi connectivity index (χ1) is 11.9. The van der Waals surface area contributed by atoms with Crippen LogP contribution in [0, 0.1) is 0 Å². The maximum Gasteiger partial charge on any atom is 0.261 e. The van der Waals surface area contributed by atoms with Crippen molar-refractivity contribution in [2.24, 2.45) is 0 Å². The van der Waals surface area contributed by atoms with Crippen LogP contribution in [0.2, 0.25) is 5.04 Å². The zero-order valence-corrected chi connectivity index (χ0v) is 17.0. The molecule has 1 saturated heterocycles. The van der Waals surface area contributed by atoms with Crippen LogP contribution in [0.25, 0.3) is 0 Å². The van der Waals surface area contributed by atoms with Crippen molar-refractivity contribution in [3.63, 3.8) is 0 Å². The fourth-order valence-electron chi connectivity index (χ4n) is 3.68. The van der Waals surface area contributed by atoms with Crippen molar-refractivity contribution in [1.29, 1.82) is 0 Å². The lowest BCUT2D eigenvalue weighted by Crippen LogP contribution is -2.67. The molecule has 1 fully saturated rings. The van der Waals surface area contributed by atoms with Crippen molar-refractivity contribution in [2.45, 2.75) is 43.9 Å². The largest absolute Gasteiger partial charge is 0.406 e. The highest BCUT2D eigenvalue weighted by Crippen LogP contribution is 2.38. The lowest BCUT2D eigenvalue weighted by atomic mass is 10.2. The highest BCUT2D eigenvalue weighted by molar-refractivity contribution is 8.14. The van der Waals surface area contributed by atoms with Crippen LogP contribution in [0.15, 0.2) is 60.7 Å². The summed E-state index contributed by atoms with van der Waals surface area (Å²) in [6.45, 7) is 7.49. The van der Waals surface area contributed by atoms with Gasteiger partial charge in [-0.3, -0.25) is 4.79 Å². The first kappa shape index (κ1) is 18.4. The Morgan fingerprint density at radius 2 is 1.52 bits per heavy atom. The Bertz CT molecular complexity index is 670. The molecule has 0 aromatic heterocycles. The molecule has 4 heteroatoms. The summed E-state index contributed by atoms with van der Waals surface area (Å²) in [6.07, 6.45) is 1.61. The van der Waals surface area contributed by atoms with Gasteiger partial charge in [-0.2, -0.15) is 0 Å². The average molecular weight is 371 g/mol. The van der Waals surface area contributed by atoms with E-state index in [1.165, 1.54) is 22.1 Å². The number of hydrogen-bond acceptors (Lipinski definition) is 3. The number of carbonyl (C=O) groups is 1. The maximum absolute atomic E-state index is 11.6. The molecule has 1 aliphatic rings. The van der Waals surface area contributed by atoms with Crippen LogP contribution in [-0.4, -0.2) is 25.3 Å². The minimum absolute atomic E-state index is 0.0109. The molecule has 0 unspecified atom stereocenters. The van der Waals surface area contributed by atoms with E-state index in [1.54, 1.807) is 0 Å². The molecule has 0 radical (unpaired) electrons. The smallest absolute Gasteiger partial charge is 0.261 e. The van der Waals surface area contributed by atoms with Crippen LogP contribution in [0.5, 0.6) is 0 Å². The van der Waals surface area contributed by atoms with Crippen LogP contribution in [0.1, 0.15) is 33.6 Å². The second-order valence-corrected chi connectivity index (χ2v) is 13.3. The number of hydrogen-bond donors (Lipinski definition) is 0. The van der Waals surface area contributed by atoms with E-state index in [4.69, 9.17) is 4.43 Å². The van der Waals surface area contributed by atoms with Crippen LogP contribution in [0.4, 0.5) is 0 Å². The fourth-order valence-corrected chi connectivity index (χ4v) is 9.39. The van der Waals surface area contributed by atoms with Gasteiger partial charge in [0.1, 0.15) is 0 Å². The Morgan fingerprint density at radius 3 is 1.92 bits per heavy atom. The molecule has 2 nitrogen and oxygen atoms in total. The monoisotopic (exact) mass is 370 g/mol. The number of carbonyl (C=O) groups excluding carboxylic acids is 1. The Morgan fingerprint density at radius 1 is 1.00 bits per heavy atom. The normalized spacial score (nSPS) is 18.5. The van der Waals surface area contributed by atoms with Gasteiger partial charge in [0.05, 0.1) is 0 Å². The van der Waals surface area contributed by atoms with Gasteiger partial charge in [0.25, 0.3) is 8.32 Å². The summed E-state index contributed by atoms with van der Waals surface area (Å²) in [5, 5.41) is 3.17. The van der Waals surface area contributed by atoms with Crippen molar-refractivity contribution in [1.82, 2.24) is 0 Å². The van der Waals surface area contributed by atoms with E-state index in [9.17, 15) is 4.79 Å². The lowest BCUT2D eigenvalue weighted by molar-refractivity contribution is -0.110. The molecule has 0 aliphatic carbocycles. The summed E-state index contributed by atoms with van der Waals surface area (Å²) in [7, 11) is -2.46. The Balaban J connectivity index is 2.04. The molecule has 1 heterocycles. The number of thioether (sulfide) groups is 1. The van der Waals surface area contributed by atoms with Gasteiger partial charge in [-0.1, -0.05) is 93.2 Å². The molecular weight excluding hydrogens is 344 g/mol. The molecule has 0 bridgehead atoms. The second kappa shape index (κ2) is 7.48. The van der Waals surface area contributed by atoms with E-state index in [2.05, 4.69) is 81.4 Å². The quantitative estimate of drug-likeness (QED) is 0.745. The lowest BCUT2D eigenvalue weighted by Gasteiger charge is -2.43. The third-order valence-electron chi connectivity index (χ3n) is 4.87. The summed E-state index contributed by atoms with van der Waals surface area (Å²) < 4.78 is 6.86. The van der Waals surface area contributed by atoms with Gasteiger partial charge in [-0.15, -0.1) is 0 Å². The highest BCUT2D eigenvalue weighted by atomic mass is 32.2. The van der Waals surface area contributed by atoms with Gasteiger partial charge in [-0.25, -0.2) is 0 Å². The van der Waals surface area contributed by atoms with E-state index < -0.39 is 8.32 Å². The Kier molecular flexibility index (Phi) is 5.51. The molecule has 0 amide bonds. The molecular formula is C21H26O2SSi. The van der Waals surface area contributed by atoms with Crippen molar-refractivity contribution in [2.75, 3.05) is 6.61 Å². The van der Waals surface area contributed by atoms with Gasteiger partial charge in [0.2, 0.25) is 0 Å². The minimum Gasteiger partial charge on any atom is -0.406 e. The standard InChI is InChI=1S/C21H26O2SSi/c1-21(2,3)25(18-10-6-4-7-11-18,19-12-8-5-9-13-19)23-16-17-14-15-20(22)24-17/h4-13,17H,14-16H2,1-3H3/t17-/m0/s1. The minimum atomic E-state index is -2.46. The third kappa shape index (κ3) is 3.76. The predicted octanol–water partition coefficient (Wildman–Crippen LogP) is 3.99. The zero-order valence-electron chi connectivity index (χ0n) is 15.2. The molecule has 0 saturated carbocycles. The maximum atomic E-state index is 11.6. The van der Waals surface area contributed by atoms with Crippen LogP contribution < -0.4 is 10.4 Å². The molecule has 1 atom stereocenters. The average Bonchev–Trinajstić information content (AvgIpc) is 3.02. The van der Waals surface area contributed by atoms with Crippen molar-refractivity contribution in [3.8, 4) is 0 Å². The molecule has 0 N–H and O–H groups in total. The Hall–Kier alpha value is -1.36. The molecule has 1 aliphatic heterocycles. The molecule has 0 spiro atoms. The molecule has 132 valence electrons. The van der Waals surface area contributed by atoms with Gasteiger partial charge in [0, 0.05) is 18.3 Å². The first-order valence-electron chi connectivity index (χ1n) is 8.88. The Labute approximate surface area is 156 Å². The predicted molar refractivity (Wildman–Crippen MR) is 109 cm³/mol. The van der Waals surface area contributed by atoms with Gasteiger partial charge in [0.15, 0.2) is 5.12 Å². The van der Waals surface area contributed by atoms with Gasteiger partial charge in [-0.05, 0) is 21.8 Å². The van der Waals surface area contributed by atoms with Crippen molar-refractivity contribution >= 4 is 35.6 Å². The molecule has 25 heavy (non-hydrogen) atoms. The highest BCUT2D eigenvalue weighted by Gasteiger charge is 2.50. The topological polar surface area (TPSA) is 26.3 Å². The van der Waals surface area contributed by atoms with Crippen LogP contribution >= 0.6 is 11.8 Å². The van der Waals surface area contributed by atoms with E-state index in [-0.39, 0.29) is 10.3 Å². The summed E-state index contributed by atoms with van der Waals surface area (Å²) >= 11 is 1.47. The van der Waals surface area contributed by atoms with Crippen LogP contribution in [-0.2, 0) is 9.22 Å². The zero-order chi connectivity index (χ0) is 17.9. The third-order valence-corrected chi connectivity index (χ3v) is 11.0. The first-order valence-corrected chi connectivity index (χ1v) is 11.7. The molecule has 2 aromatic carbocycles. The van der Waals surface area contributed by atoms with E-state index in [1.807, 2.05) is 0 Å². The summed E-state index contributed by atoms with van der Waals surface area (Å²) in [5.74, 6) is 0. The van der Waals surface area contributed by atoms with Crippen LogP contribution in [0.3, 0.4) is 0 Å². The number of rotatable bonds is 5. The number of benzene rings is 2.